The van der Waals surface area contributed by atoms with Gasteiger partial charge in [0.2, 0.25) is 0 Å². The zero-order valence-corrected chi connectivity index (χ0v) is 25.5. The topological polar surface area (TPSA) is 138 Å². The van der Waals surface area contributed by atoms with E-state index < -0.39 is 0 Å². The number of likely N-dealkylation sites (tertiary alicyclic amines) is 2. The molecular weight excluding hydrogens is 550 g/mol. The van der Waals surface area contributed by atoms with Gasteiger partial charge in [-0.3, -0.25) is 19.5 Å². The molecule has 4 fully saturated rings. The van der Waals surface area contributed by atoms with Gasteiger partial charge in [0.1, 0.15) is 11.5 Å². The van der Waals surface area contributed by atoms with Gasteiger partial charge in [0, 0.05) is 62.5 Å². The monoisotopic (exact) mass is 593 g/mol. The molecule has 12 heteroatoms. The molecule has 0 bridgehead atoms. The van der Waals surface area contributed by atoms with E-state index in [9.17, 15) is 9.59 Å². The van der Waals surface area contributed by atoms with Crippen molar-refractivity contribution in [2.24, 2.45) is 16.8 Å². The lowest BCUT2D eigenvalue weighted by atomic mass is 10.0. The molecule has 0 radical (unpaired) electrons. The number of aliphatic imine (C=N–C) groups is 1. The largest absolute Gasteiger partial charge is 0.380 e. The van der Waals surface area contributed by atoms with E-state index in [0.29, 0.717) is 48.4 Å². The highest BCUT2D eigenvalue weighted by molar-refractivity contribution is 5.93. The summed E-state index contributed by atoms with van der Waals surface area (Å²) in [4.78, 5) is 33.5. The summed E-state index contributed by atoms with van der Waals surface area (Å²) in [7, 11) is 0. The van der Waals surface area contributed by atoms with Crippen molar-refractivity contribution in [3.05, 3.63) is 46.8 Å². The van der Waals surface area contributed by atoms with E-state index in [-0.39, 0.29) is 29.8 Å². The van der Waals surface area contributed by atoms with Crippen LogP contribution in [0.1, 0.15) is 84.9 Å². The number of ether oxygens (including phenoxy) is 1. The number of amides is 2. The minimum absolute atomic E-state index is 0.128. The maximum atomic E-state index is 12.3. The predicted molar refractivity (Wildman–Crippen MR) is 159 cm³/mol. The number of nitrogens with one attached hydrogen (secondary N) is 2. The summed E-state index contributed by atoms with van der Waals surface area (Å²) in [5.74, 6) is 2.88. The van der Waals surface area contributed by atoms with Crippen LogP contribution in [0.25, 0.3) is 0 Å². The van der Waals surface area contributed by atoms with Crippen LogP contribution in [0.2, 0.25) is 0 Å². The number of rotatable bonds is 8. The average molecular weight is 594 g/mol. The highest BCUT2D eigenvalue weighted by atomic mass is 16.5. The summed E-state index contributed by atoms with van der Waals surface area (Å²) in [6.45, 7) is 14.4. The van der Waals surface area contributed by atoms with E-state index >= 15 is 0 Å². The second-order valence-electron chi connectivity index (χ2n) is 12.9. The second-order valence-corrected chi connectivity index (χ2v) is 12.9. The summed E-state index contributed by atoms with van der Waals surface area (Å²) < 4.78 is 15.6. The fourth-order valence-electron chi connectivity index (χ4n) is 5.97. The smallest absolute Gasteiger partial charge is 0.273 e. The van der Waals surface area contributed by atoms with Crippen molar-refractivity contribution in [3.63, 3.8) is 0 Å². The first-order valence-corrected chi connectivity index (χ1v) is 15.6. The molecule has 2 aromatic rings. The molecule has 2 N–H and O–H groups in total. The van der Waals surface area contributed by atoms with Gasteiger partial charge < -0.3 is 29.3 Å². The molecule has 2 amide bonds. The van der Waals surface area contributed by atoms with Crippen molar-refractivity contribution < 1.29 is 23.4 Å². The van der Waals surface area contributed by atoms with Crippen molar-refractivity contribution in [2.45, 2.75) is 70.5 Å². The molecule has 12 nitrogen and oxygen atoms in total. The Morgan fingerprint density at radius 3 is 1.98 bits per heavy atom. The third-order valence-corrected chi connectivity index (χ3v) is 9.15. The fraction of sp³-hybridized carbons (Fsp3) is 0.645. The number of carbonyl (C=O) groups is 2. The molecule has 0 spiro atoms. The molecule has 4 aliphatic heterocycles. The fourth-order valence-corrected chi connectivity index (χ4v) is 5.97. The van der Waals surface area contributed by atoms with Gasteiger partial charge in [-0.25, -0.2) is 0 Å². The van der Waals surface area contributed by atoms with Gasteiger partial charge in [-0.1, -0.05) is 24.2 Å². The number of hydrogen-bond donors (Lipinski definition) is 2. The molecule has 43 heavy (non-hydrogen) atoms. The Balaban J connectivity index is 0.000000153. The van der Waals surface area contributed by atoms with Crippen molar-refractivity contribution in [3.8, 4) is 0 Å². The van der Waals surface area contributed by atoms with E-state index in [1.54, 1.807) is 12.1 Å². The van der Waals surface area contributed by atoms with E-state index in [1.807, 2.05) is 6.21 Å². The summed E-state index contributed by atoms with van der Waals surface area (Å²) >= 11 is 0. The van der Waals surface area contributed by atoms with E-state index in [0.717, 1.165) is 57.1 Å². The Morgan fingerprint density at radius 1 is 0.860 bits per heavy atom. The minimum Gasteiger partial charge on any atom is -0.380 e. The zero-order chi connectivity index (χ0) is 30.1. The first kappa shape index (κ1) is 29.6. The van der Waals surface area contributed by atoms with Crippen LogP contribution in [0.5, 0.6) is 0 Å². The van der Waals surface area contributed by atoms with Crippen molar-refractivity contribution in [1.82, 2.24) is 30.7 Å². The second kappa shape index (κ2) is 12.6. The quantitative estimate of drug-likeness (QED) is 0.473. The summed E-state index contributed by atoms with van der Waals surface area (Å²) in [5, 5.41) is 14.0. The lowest BCUT2D eigenvalue weighted by Crippen LogP contribution is -2.40. The van der Waals surface area contributed by atoms with E-state index in [4.69, 9.17) is 13.8 Å². The maximum absolute atomic E-state index is 12.3. The SMILES string of the molecule is CC(C)N1C[C@H](C)[C@H](NC(=O)c2cc(C3COC3)on2)C1.C[C@H]1CN(C2=CCN=C2)C[C@H]1NC(=O)c1cc(C2CC2)on1. The van der Waals surface area contributed by atoms with Crippen molar-refractivity contribution >= 4 is 18.0 Å². The molecule has 7 rings (SSSR count). The first-order valence-electron chi connectivity index (χ1n) is 15.6. The van der Waals surface area contributed by atoms with Gasteiger partial charge in [0.15, 0.2) is 11.4 Å². The van der Waals surface area contributed by atoms with E-state index in [2.05, 4.69) is 69.5 Å². The number of hydrogen-bond acceptors (Lipinski definition) is 10. The summed E-state index contributed by atoms with van der Waals surface area (Å²) in [6.07, 6.45) is 6.32. The average Bonchev–Trinajstić information content (AvgIpc) is 3.50. The molecule has 0 unspecified atom stereocenters. The third-order valence-electron chi connectivity index (χ3n) is 9.15. The molecule has 1 saturated carbocycles. The van der Waals surface area contributed by atoms with Crippen LogP contribution < -0.4 is 10.6 Å². The molecule has 6 heterocycles. The molecule has 1 aliphatic carbocycles. The van der Waals surface area contributed by atoms with Gasteiger partial charge in [-0.05, 0) is 44.6 Å². The Bertz CT molecular complexity index is 1360. The van der Waals surface area contributed by atoms with Gasteiger partial charge in [-0.15, -0.1) is 0 Å². The summed E-state index contributed by atoms with van der Waals surface area (Å²) in [6, 6.07) is 4.33. The summed E-state index contributed by atoms with van der Waals surface area (Å²) in [5.41, 5.74) is 1.93. The van der Waals surface area contributed by atoms with Crippen LogP contribution in [-0.2, 0) is 4.74 Å². The molecule has 4 atom stereocenters. The van der Waals surface area contributed by atoms with Crippen LogP contribution in [0.4, 0.5) is 0 Å². The van der Waals surface area contributed by atoms with Crippen molar-refractivity contribution in [2.75, 3.05) is 45.9 Å². The third kappa shape index (κ3) is 6.85. The molecule has 232 valence electrons. The Hall–Kier alpha value is -3.51. The van der Waals surface area contributed by atoms with Crippen LogP contribution >= 0.6 is 0 Å². The number of allylic oxidation sites excluding steroid dienone is 1. The van der Waals surface area contributed by atoms with Crippen LogP contribution in [0, 0.1) is 11.8 Å². The zero-order valence-electron chi connectivity index (χ0n) is 25.5. The van der Waals surface area contributed by atoms with E-state index in [1.165, 1.54) is 5.70 Å². The number of aromatic nitrogens is 2. The van der Waals surface area contributed by atoms with Crippen LogP contribution in [0.3, 0.4) is 0 Å². The van der Waals surface area contributed by atoms with Gasteiger partial charge >= 0.3 is 0 Å². The highest BCUT2D eigenvalue weighted by Crippen LogP contribution is 2.40. The molecular formula is C31H43N7O5. The molecule has 0 aromatic carbocycles. The maximum Gasteiger partial charge on any atom is 0.273 e. The van der Waals surface area contributed by atoms with Gasteiger partial charge in [0.25, 0.3) is 11.8 Å². The Labute approximate surface area is 252 Å². The van der Waals surface area contributed by atoms with Gasteiger partial charge in [-0.2, -0.15) is 0 Å². The molecule has 5 aliphatic rings. The van der Waals surface area contributed by atoms with Crippen LogP contribution in [0.15, 0.2) is 37.9 Å². The Kier molecular flexibility index (Phi) is 8.67. The molecule has 3 saturated heterocycles. The highest BCUT2D eigenvalue weighted by Gasteiger charge is 2.35. The number of carbonyl (C=O) groups excluding carboxylic acids is 2. The Morgan fingerprint density at radius 2 is 1.47 bits per heavy atom. The molecule has 2 aromatic heterocycles. The number of nitrogens with zero attached hydrogens (tertiary/aromatic N) is 5. The predicted octanol–water partition coefficient (Wildman–Crippen LogP) is 2.82. The standard InChI is InChI=1S/C16H20N4O2.C15H23N3O3/c1-10-8-20(12-4-5-17-7-12)9-14(10)18-16(21)13-6-15(22-19-13)11-2-3-11;1-9(2)18-5-10(3)13(6-18)16-15(19)12-4-14(21-17-12)11-7-20-8-11/h4,6-7,10-11,14H,2-3,5,8-9H2,1H3,(H,18,21);4,9-11,13H,5-8H2,1-3H3,(H,16,19)/t10-,14+;10-,13+/m00/s1. The lowest BCUT2D eigenvalue weighted by Gasteiger charge is -2.22. The van der Waals surface area contributed by atoms with Gasteiger partial charge in [0.05, 0.1) is 37.4 Å². The van der Waals surface area contributed by atoms with Crippen molar-refractivity contribution in [1.29, 1.82) is 0 Å². The normalized spacial score (nSPS) is 27.2. The first-order chi connectivity index (χ1) is 20.7. The minimum atomic E-state index is -0.146. The van der Waals surface area contributed by atoms with Crippen LogP contribution in [-0.4, -0.2) is 102 Å². The lowest BCUT2D eigenvalue weighted by molar-refractivity contribution is -0.00228.